The lowest BCUT2D eigenvalue weighted by atomic mass is 9.84. The van der Waals surface area contributed by atoms with E-state index in [4.69, 9.17) is 9.47 Å². The maximum Gasteiger partial charge on any atom is 0.311 e. The predicted molar refractivity (Wildman–Crippen MR) is 111 cm³/mol. The lowest BCUT2D eigenvalue weighted by molar-refractivity contribution is -0.172. The van der Waals surface area contributed by atoms with Gasteiger partial charge in [-0.05, 0) is 51.1 Å². The van der Waals surface area contributed by atoms with Crippen LogP contribution in [0.15, 0.2) is 54.6 Å². The number of para-hydroxylation sites is 1. The Morgan fingerprint density at radius 3 is 2.32 bits per heavy atom. The average Bonchev–Trinajstić information content (AvgIpc) is 2.68. The molecule has 1 saturated heterocycles. The molecule has 0 aliphatic carbocycles. The highest BCUT2D eigenvalue weighted by atomic mass is 16.6. The summed E-state index contributed by atoms with van der Waals surface area (Å²) in [6.07, 6.45) is 2.28. The van der Waals surface area contributed by atoms with Gasteiger partial charge in [0, 0.05) is 19.3 Å². The zero-order valence-corrected chi connectivity index (χ0v) is 17.2. The molecular formula is C24H31NO3. The maximum absolute atomic E-state index is 12.6. The minimum atomic E-state index is -0.513. The number of carbonyl (C=O) groups excluding carboxylic acids is 1. The SMILES string of the molecule is CC(C)(C)C(=O)OC1(Cc2ccccc2OCc2ccccc2)CCNCC1. The Bertz CT molecular complexity index is 774. The summed E-state index contributed by atoms with van der Waals surface area (Å²) in [7, 11) is 0. The summed E-state index contributed by atoms with van der Waals surface area (Å²) in [4.78, 5) is 12.6. The Labute approximate surface area is 168 Å². The molecule has 28 heavy (non-hydrogen) atoms. The summed E-state index contributed by atoms with van der Waals surface area (Å²) in [6, 6.07) is 18.2. The molecule has 1 aliphatic rings. The maximum atomic E-state index is 12.6. The number of rotatable bonds is 6. The molecule has 4 heteroatoms. The molecule has 0 spiro atoms. The van der Waals surface area contributed by atoms with E-state index in [2.05, 4.69) is 23.5 Å². The zero-order valence-electron chi connectivity index (χ0n) is 17.2. The highest BCUT2D eigenvalue weighted by Crippen LogP contribution is 2.34. The fraction of sp³-hybridized carbons (Fsp3) is 0.458. The zero-order chi connectivity index (χ0) is 20.0. The van der Waals surface area contributed by atoms with E-state index in [1.807, 2.05) is 57.2 Å². The standard InChI is InChI=1S/C24H31NO3/c1-23(2,3)22(26)28-24(13-15-25-16-14-24)17-20-11-7-8-12-21(20)27-18-19-9-5-4-6-10-19/h4-12,25H,13-18H2,1-3H3. The quantitative estimate of drug-likeness (QED) is 0.748. The fourth-order valence-corrected chi connectivity index (χ4v) is 3.42. The van der Waals surface area contributed by atoms with Crippen molar-refractivity contribution < 1.29 is 14.3 Å². The third-order valence-electron chi connectivity index (χ3n) is 5.16. The van der Waals surface area contributed by atoms with Crippen LogP contribution >= 0.6 is 0 Å². The van der Waals surface area contributed by atoms with Crippen molar-refractivity contribution >= 4 is 5.97 Å². The Morgan fingerprint density at radius 1 is 1.00 bits per heavy atom. The van der Waals surface area contributed by atoms with E-state index in [1.54, 1.807) is 0 Å². The summed E-state index contributed by atoms with van der Waals surface area (Å²) in [6.45, 7) is 7.94. The van der Waals surface area contributed by atoms with E-state index in [1.165, 1.54) is 0 Å². The lowest BCUT2D eigenvalue weighted by Crippen LogP contribution is -2.48. The van der Waals surface area contributed by atoms with Crippen molar-refractivity contribution in [3.05, 3.63) is 65.7 Å². The third kappa shape index (κ3) is 5.35. The second kappa shape index (κ2) is 8.78. The molecule has 1 fully saturated rings. The minimum absolute atomic E-state index is 0.142. The topological polar surface area (TPSA) is 47.6 Å². The van der Waals surface area contributed by atoms with Gasteiger partial charge in [-0.25, -0.2) is 0 Å². The van der Waals surface area contributed by atoms with Gasteiger partial charge in [0.2, 0.25) is 0 Å². The van der Waals surface area contributed by atoms with Crippen LogP contribution in [-0.2, 0) is 22.6 Å². The molecule has 0 amide bonds. The molecule has 0 atom stereocenters. The van der Waals surface area contributed by atoms with Gasteiger partial charge in [-0.15, -0.1) is 0 Å². The summed E-state index contributed by atoms with van der Waals surface area (Å²) in [5.41, 5.74) is 1.22. The first-order valence-corrected chi connectivity index (χ1v) is 10.1. The summed E-state index contributed by atoms with van der Waals surface area (Å²) in [5.74, 6) is 0.716. The number of piperidine rings is 1. The Kier molecular flexibility index (Phi) is 6.40. The van der Waals surface area contributed by atoms with Crippen molar-refractivity contribution in [3.8, 4) is 5.75 Å². The molecule has 0 bridgehead atoms. The van der Waals surface area contributed by atoms with E-state index in [0.29, 0.717) is 13.0 Å². The Morgan fingerprint density at radius 2 is 1.64 bits per heavy atom. The summed E-state index contributed by atoms with van der Waals surface area (Å²) < 4.78 is 12.3. The highest BCUT2D eigenvalue weighted by Gasteiger charge is 2.39. The van der Waals surface area contributed by atoms with Crippen LogP contribution < -0.4 is 10.1 Å². The largest absolute Gasteiger partial charge is 0.489 e. The number of hydrogen-bond acceptors (Lipinski definition) is 4. The van der Waals surface area contributed by atoms with Crippen molar-refractivity contribution in [1.29, 1.82) is 0 Å². The van der Waals surface area contributed by atoms with Crippen LogP contribution in [0.4, 0.5) is 0 Å². The predicted octanol–water partition coefficient (Wildman–Crippen LogP) is 4.52. The molecule has 3 rings (SSSR count). The van der Waals surface area contributed by atoms with Crippen molar-refractivity contribution in [2.45, 2.75) is 52.2 Å². The normalized spacial score (nSPS) is 16.4. The van der Waals surface area contributed by atoms with E-state index in [0.717, 1.165) is 42.8 Å². The van der Waals surface area contributed by atoms with E-state index < -0.39 is 11.0 Å². The van der Waals surface area contributed by atoms with Crippen LogP contribution in [-0.4, -0.2) is 24.7 Å². The van der Waals surface area contributed by atoms with E-state index in [9.17, 15) is 4.79 Å². The molecule has 0 unspecified atom stereocenters. The van der Waals surface area contributed by atoms with Crippen LogP contribution in [0.3, 0.4) is 0 Å². The molecule has 150 valence electrons. The molecule has 1 N–H and O–H groups in total. The second-order valence-electron chi connectivity index (χ2n) is 8.63. The molecule has 4 nitrogen and oxygen atoms in total. The van der Waals surface area contributed by atoms with Crippen LogP contribution in [0.1, 0.15) is 44.7 Å². The number of ether oxygens (including phenoxy) is 2. The Hall–Kier alpha value is -2.33. The van der Waals surface area contributed by atoms with Gasteiger partial charge in [0.05, 0.1) is 5.41 Å². The van der Waals surface area contributed by atoms with Crippen LogP contribution in [0, 0.1) is 5.41 Å². The molecule has 1 heterocycles. The van der Waals surface area contributed by atoms with Gasteiger partial charge in [0.1, 0.15) is 18.0 Å². The number of carbonyl (C=O) groups is 1. The summed E-state index contributed by atoms with van der Waals surface area (Å²) >= 11 is 0. The molecule has 0 aromatic heterocycles. The fourth-order valence-electron chi connectivity index (χ4n) is 3.42. The summed E-state index contributed by atoms with van der Waals surface area (Å²) in [5, 5.41) is 3.38. The van der Waals surface area contributed by atoms with Gasteiger partial charge >= 0.3 is 5.97 Å². The first kappa shape index (κ1) is 20.4. The van der Waals surface area contributed by atoms with Crippen molar-refractivity contribution in [1.82, 2.24) is 5.32 Å². The van der Waals surface area contributed by atoms with Gasteiger partial charge in [0.25, 0.3) is 0 Å². The monoisotopic (exact) mass is 381 g/mol. The van der Waals surface area contributed by atoms with E-state index in [-0.39, 0.29) is 5.97 Å². The first-order chi connectivity index (χ1) is 13.4. The highest BCUT2D eigenvalue weighted by molar-refractivity contribution is 5.76. The number of benzene rings is 2. The smallest absolute Gasteiger partial charge is 0.311 e. The van der Waals surface area contributed by atoms with Gasteiger partial charge in [-0.3, -0.25) is 4.79 Å². The number of nitrogens with one attached hydrogen (secondary N) is 1. The molecule has 0 saturated carbocycles. The van der Waals surface area contributed by atoms with Crippen molar-refractivity contribution in [2.75, 3.05) is 13.1 Å². The molecule has 1 aliphatic heterocycles. The van der Waals surface area contributed by atoms with E-state index >= 15 is 0 Å². The number of esters is 1. The molecular weight excluding hydrogens is 350 g/mol. The van der Waals surface area contributed by atoms with Crippen molar-refractivity contribution in [3.63, 3.8) is 0 Å². The van der Waals surface area contributed by atoms with Crippen LogP contribution in [0.25, 0.3) is 0 Å². The minimum Gasteiger partial charge on any atom is -0.489 e. The lowest BCUT2D eigenvalue weighted by Gasteiger charge is -2.39. The van der Waals surface area contributed by atoms with Gasteiger partial charge in [-0.1, -0.05) is 48.5 Å². The van der Waals surface area contributed by atoms with Gasteiger partial charge in [0.15, 0.2) is 0 Å². The van der Waals surface area contributed by atoms with Crippen LogP contribution in [0.5, 0.6) is 5.75 Å². The van der Waals surface area contributed by atoms with Gasteiger partial charge < -0.3 is 14.8 Å². The molecule has 0 radical (unpaired) electrons. The third-order valence-corrected chi connectivity index (χ3v) is 5.16. The molecule has 2 aromatic carbocycles. The first-order valence-electron chi connectivity index (χ1n) is 10.1. The van der Waals surface area contributed by atoms with Crippen molar-refractivity contribution in [2.24, 2.45) is 5.41 Å². The Balaban J connectivity index is 1.78. The number of hydrogen-bond donors (Lipinski definition) is 1. The average molecular weight is 382 g/mol. The molecule has 2 aromatic rings. The van der Waals surface area contributed by atoms with Gasteiger partial charge in [-0.2, -0.15) is 0 Å². The van der Waals surface area contributed by atoms with Crippen LogP contribution in [0.2, 0.25) is 0 Å². The second-order valence-corrected chi connectivity index (χ2v) is 8.63.